The third kappa shape index (κ3) is 0.698. The predicted octanol–water partition coefficient (Wildman–Crippen LogP) is 0.761. The van der Waals surface area contributed by atoms with Crippen molar-refractivity contribution in [3.8, 4) is 11.8 Å². The van der Waals surface area contributed by atoms with Crippen molar-refractivity contribution in [2.75, 3.05) is 0 Å². The maximum atomic E-state index is 9.59. The van der Waals surface area contributed by atoms with E-state index in [9.17, 15) is 15.3 Å². The van der Waals surface area contributed by atoms with Gasteiger partial charge in [0.15, 0.2) is 11.8 Å². The molecule has 1 aromatic heterocycles. The van der Waals surface area contributed by atoms with Crippen LogP contribution in [0.25, 0.3) is 0 Å². The maximum Gasteiger partial charge on any atom is 0.195 e. The van der Waals surface area contributed by atoms with Gasteiger partial charge in [-0.05, 0) is 18.8 Å². The lowest BCUT2D eigenvalue weighted by molar-refractivity contribution is 0.157. The number of aromatic nitrogens is 1. The molecule has 0 amide bonds. The summed E-state index contributed by atoms with van der Waals surface area (Å²) in [5.41, 5.74) is 1.56. The molecule has 2 bridgehead atoms. The van der Waals surface area contributed by atoms with Gasteiger partial charge in [0, 0.05) is 17.0 Å². The van der Waals surface area contributed by atoms with Crippen molar-refractivity contribution in [3.63, 3.8) is 0 Å². The van der Waals surface area contributed by atoms with E-state index in [0.29, 0.717) is 6.42 Å². The Morgan fingerprint density at radius 1 is 1.08 bits per heavy atom. The van der Waals surface area contributed by atoms with Crippen LogP contribution in [0.1, 0.15) is 35.8 Å². The molecule has 0 aromatic carbocycles. The molecule has 1 aromatic rings. The number of aliphatic hydroxyl groups is 1. The topological polar surface area (TPSA) is 76.5 Å². The SMILES string of the molecule is Oc1[nH]c(O)c2c1C1CC(O)C2C1. The third-order valence-electron chi connectivity index (χ3n) is 3.35. The largest absolute Gasteiger partial charge is 0.494 e. The first-order valence-electron chi connectivity index (χ1n) is 4.50. The van der Waals surface area contributed by atoms with Crippen LogP contribution in [0.15, 0.2) is 0 Å². The van der Waals surface area contributed by atoms with E-state index in [-0.39, 0.29) is 29.7 Å². The minimum atomic E-state index is -0.349. The second-order valence-electron chi connectivity index (χ2n) is 3.99. The molecule has 1 fully saturated rings. The van der Waals surface area contributed by atoms with Gasteiger partial charge in [0.2, 0.25) is 0 Å². The van der Waals surface area contributed by atoms with Gasteiger partial charge < -0.3 is 15.3 Å². The first kappa shape index (κ1) is 7.26. The Labute approximate surface area is 74.8 Å². The Morgan fingerprint density at radius 2 is 1.77 bits per heavy atom. The minimum absolute atomic E-state index is 0.0251. The lowest BCUT2D eigenvalue weighted by atomic mass is 9.93. The highest BCUT2D eigenvalue weighted by Crippen LogP contribution is 2.58. The molecule has 2 aliphatic carbocycles. The van der Waals surface area contributed by atoms with Crippen molar-refractivity contribution < 1.29 is 15.3 Å². The maximum absolute atomic E-state index is 9.59. The normalized spacial score (nSPS) is 35.3. The average Bonchev–Trinajstić information content (AvgIpc) is 2.64. The zero-order chi connectivity index (χ0) is 9.16. The quantitative estimate of drug-likeness (QED) is 0.477. The standard InChI is InChI=1S/C9H11NO3/c11-5-2-3-1-4(5)7-6(3)8(12)10-9(7)13/h3-5,10-13H,1-2H2. The Bertz CT molecular complexity index is 371. The van der Waals surface area contributed by atoms with Gasteiger partial charge in [-0.3, -0.25) is 4.98 Å². The second-order valence-corrected chi connectivity index (χ2v) is 3.99. The zero-order valence-corrected chi connectivity index (χ0v) is 6.99. The fourth-order valence-electron chi connectivity index (χ4n) is 2.85. The first-order valence-corrected chi connectivity index (χ1v) is 4.50. The number of aromatic amines is 1. The van der Waals surface area contributed by atoms with Crippen LogP contribution in [0.3, 0.4) is 0 Å². The van der Waals surface area contributed by atoms with Gasteiger partial charge in [-0.2, -0.15) is 0 Å². The summed E-state index contributed by atoms with van der Waals surface area (Å²) in [5.74, 6) is 0.356. The molecule has 3 rings (SSSR count). The summed E-state index contributed by atoms with van der Waals surface area (Å²) < 4.78 is 0. The van der Waals surface area contributed by atoms with Crippen LogP contribution in [0.2, 0.25) is 0 Å². The monoisotopic (exact) mass is 181 g/mol. The van der Waals surface area contributed by atoms with Crippen LogP contribution in [-0.2, 0) is 0 Å². The lowest BCUT2D eigenvalue weighted by Crippen LogP contribution is -2.13. The molecule has 4 N–H and O–H groups in total. The highest BCUT2D eigenvalue weighted by atomic mass is 16.3. The zero-order valence-electron chi connectivity index (χ0n) is 6.99. The van der Waals surface area contributed by atoms with E-state index >= 15 is 0 Å². The molecule has 4 heteroatoms. The molecular formula is C9H11NO3. The van der Waals surface area contributed by atoms with Crippen LogP contribution in [0, 0.1) is 0 Å². The lowest BCUT2D eigenvalue weighted by Gasteiger charge is -2.16. The van der Waals surface area contributed by atoms with E-state index in [2.05, 4.69) is 4.98 Å². The first-order chi connectivity index (χ1) is 6.18. The van der Waals surface area contributed by atoms with Crippen LogP contribution in [0.4, 0.5) is 0 Å². The van der Waals surface area contributed by atoms with Gasteiger partial charge in [0.25, 0.3) is 0 Å². The van der Waals surface area contributed by atoms with Gasteiger partial charge in [-0.15, -0.1) is 0 Å². The average molecular weight is 181 g/mol. The van der Waals surface area contributed by atoms with E-state index in [4.69, 9.17) is 0 Å². The smallest absolute Gasteiger partial charge is 0.195 e. The fourth-order valence-corrected chi connectivity index (χ4v) is 2.85. The van der Waals surface area contributed by atoms with Crippen LogP contribution < -0.4 is 0 Å². The van der Waals surface area contributed by atoms with Crippen LogP contribution in [0.5, 0.6) is 11.8 Å². The number of rotatable bonds is 0. The fraction of sp³-hybridized carbons (Fsp3) is 0.556. The molecule has 70 valence electrons. The third-order valence-corrected chi connectivity index (χ3v) is 3.35. The van der Waals surface area contributed by atoms with Gasteiger partial charge in [0.05, 0.1) is 6.10 Å². The molecular weight excluding hydrogens is 170 g/mol. The molecule has 1 heterocycles. The number of H-pyrrole nitrogens is 1. The summed E-state index contributed by atoms with van der Waals surface area (Å²) in [7, 11) is 0. The summed E-state index contributed by atoms with van der Waals surface area (Å²) in [6, 6.07) is 0. The van der Waals surface area contributed by atoms with Crippen LogP contribution in [-0.4, -0.2) is 26.4 Å². The Hall–Kier alpha value is -1.16. The van der Waals surface area contributed by atoms with Gasteiger partial charge >= 0.3 is 0 Å². The number of fused-ring (bicyclic) bond motifs is 5. The van der Waals surface area contributed by atoms with Gasteiger partial charge in [0.1, 0.15) is 0 Å². The second kappa shape index (κ2) is 2.01. The molecule has 3 unspecified atom stereocenters. The minimum Gasteiger partial charge on any atom is -0.494 e. The number of nitrogens with one attached hydrogen (secondary N) is 1. The molecule has 1 saturated carbocycles. The van der Waals surface area contributed by atoms with Crippen LogP contribution >= 0.6 is 0 Å². The molecule has 0 aliphatic heterocycles. The Balaban J connectivity index is 2.23. The van der Waals surface area contributed by atoms with Crippen molar-refractivity contribution in [3.05, 3.63) is 11.1 Å². The highest BCUT2D eigenvalue weighted by Gasteiger charge is 2.47. The summed E-state index contributed by atoms with van der Waals surface area (Å²) >= 11 is 0. The molecule has 3 atom stereocenters. The summed E-state index contributed by atoms with van der Waals surface area (Å²) in [6.45, 7) is 0. The molecule has 2 aliphatic rings. The van der Waals surface area contributed by atoms with E-state index < -0.39 is 0 Å². The molecule has 4 nitrogen and oxygen atoms in total. The summed E-state index contributed by atoms with van der Waals surface area (Å²) in [5, 5.41) is 28.5. The highest BCUT2D eigenvalue weighted by molar-refractivity contribution is 5.54. The van der Waals surface area contributed by atoms with E-state index in [1.54, 1.807) is 0 Å². The number of hydrogen-bond acceptors (Lipinski definition) is 3. The predicted molar refractivity (Wildman–Crippen MR) is 44.8 cm³/mol. The van der Waals surface area contributed by atoms with Crippen molar-refractivity contribution in [2.45, 2.75) is 30.8 Å². The molecule has 13 heavy (non-hydrogen) atoms. The van der Waals surface area contributed by atoms with E-state index in [1.165, 1.54) is 0 Å². The molecule has 0 spiro atoms. The van der Waals surface area contributed by atoms with Gasteiger partial charge in [-0.25, -0.2) is 0 Å². The van der Waals surface area contributed by atoms with E-state index in [1.807, 2.05) is 0 Å². The summed E-state index contributed by atoms with van der Waals surface area (Å²) in [6.07, 6.45) is 1.23. The van der Waals surface area contributed by atoms with Gasteiger partial charge in [-0.1, -0.05) is 0 Å². The molecule has 0 saturated heterocycles. The Morgan fingerprint density at radius 3 is 2.54 bits per heavy atom. The van der Waals surface area contributed by atoms with Crippen molar-refractivity contribution in [1.29, 1.82) is 0 Å². The number of aliphatic hydroxyl groups excluding tert-OH is 1. The number of hydrogen-bond donors (Lipinski definition) is 4. The van der Waals surface area contributed by atoms with E-state index in [0.717, 1.165) is 17.5 Å². The van der Waals surface area contributed by atoms with Crippen molar-refractivity contribution in [1.82, 2.24) is 4.98 Å². The number of aromatic hydroxyl groups is 2. The van der Waals surface area contributed by atoms with Crippen molar-refractivity contribution >= 4 is 0 Å². The summed E-state index contributed by atoms with van der Waals surface area (Å²) in [4.78, 5) is 2.50. The Kier molecular flexibility index (Phi) is 1.12. The van der Waals surface area contributed by atoms with Crippen molar-refractivity contribution in [2.24, 2.45) is 0 Å². The molecule has 0 radical (unpaired) electrons.